The lowest BCUT2D eigenvalue weighted by Gasteiger charge is -2.27. The number of rotatable bonds is 2. The van der Waals surface area contributed by atoms with E-state index in [9.17, 15) is 4.79 Å². The van der Waals surface area contributed by atoms with Crippen molar-refractivity contribution in [3.05, 3.63) is 34.3 Å². The quantitative estimate of drug-likeness (QED) is 0.902. The van der Waals surface area contributed by atoms with Crippen molar-refractivity contribution in [2.45, 2.75) is 6.42 Å². The maximum Gasteiger partial charge on any atom is 0.227 e. The van der Waals surface area contributed by atoms with Gasteiger partial charge < -0.3 is 10.2 Å². The number of nitrogens with zero attached hydrogens (tertiary/aromatic N) is 1. The van der Waals surface area contributed by atoms with E-state index in [0.29, 0.717) is 6.42 Å². The van der Waals surface area contributed by atoms with Crippen LogP contribution in [0.3, 0.4) is 0 Å². The first kappa shape index (κ1) is 14.5. The van der Waals surface area contributed by atoms with Crippen LogP contribution in [-0.4, -0.2) is 37.0 Å². The van der Waals surface area contributed by atoms with Crippen molar-refractivity contribution >= 4 is 34.2 Å². The van der Waals surface area contributed by atoms with E-state index in [0.717, 1.165) is 36.2 Å². The van der Waals surface area contributed by atoms with Gasteiger partial charge in [0.1, 0.15) is 0 Å². The Hall–Kier alpha value is -0.580. The molecule has 1 fully saturated rings. The lowest BCUT2D eigenvalue weighted by molar-refractivity contribution is -0.131. The van der Waals surface area contributed by atoms with Gasteiger partial charge in [0.2, 0.25) is 5.91 Å². The average molecular weight is 320 g/mol. The van der Waals surface area contributed by atoms with Crippen LogP contribution in [0.5, 0.6) is 0 Å². The third kappa shape index (κ3) is 3.98. The molecule has 17 heavy (non-hydrogen) atoms. The lowest BCUT2D eigenvalue weighted by Crippen LogP contribution is -2.46. The Morgan fingerprint density at radius 2 is 1.94 bits per heavy atom. The predicted octanol–water partition coefficient (Wildman–Crippen LogP) is 1.85. The van der Waals surface area contributed by atoms with Gasteiger partial charge in [-0.2, -0.15) is 0 Å². The van der Waals surface area contributed by atoms with Crippen molar-refractivity contribution in [3.63, 3.8) is 0 Å². The Labute approximate surface area is 116 Å². The first-order chi connectivity index (χ1) is 7.77. The summed E-state index contributed by atoms with van der Waals surface area (Å²) >= 11 is 3.47. The first-order valence-electron chi connectivity index (χ1n) is 5.49. The molecule has 0 spiro atoms. The first-order valence-corrected chi connectivity index (χ1v) is 6.28. The van der Waals surface area contributed by atoms with Gasteiger partial charge in [-0.25, -0.2) is 0 Å². The summed E-state index contributed by atoms with van der Waals surface area (Å²) in [5.74, 6) is 0.216. The van der Waals surface area contributed by atoms with Crippen molar-refractivity contribution < 1.29 is 4.79 Å². The van der Waals surface area contributed by atoms with E-state index in [-0.39, 0.29) is 18.3 Å². The minimum absolute atomic E-state index is 0. The molecule has 1 aromatic rings. The van der Waals surface area contributed by atoms with Gasteiger partial charge in [0.05, 0.1) is 6.42 Å². The summed E-state index contributed by atoms with van der Waals surface area (Å²) in [6, 6.07) is 7.89. The second-order valence-corrected chi connectivity index (χ2v) is 4.75. The number of carbonyl (C=O) groups excluding carboxylic acids is 1. The van der Waals surface area contributed by atoms with Crippen LogP contribution in [-0.2, 0) is 11.2 Å². The second-order valence-electron chi connectivity index (χ2n) is 3.90. The molecule has 1 aliphatic rings. The summed E-state index contributed by atoms with van der Waals surface area (Å²) in [5.41, 5.74) is 1.06. The molecule has 2 rings (SSSR count). The van der Waals surface area contributed by atoms with Crippen molar-refractivity contribution in [2.75, 3.05) is 26.2 Å². The van der Waals surface area contributed by atoms with Crippen LogP contribution in [0, 0.1) is 0 Å². The summed E-state index contributed by atoms with van der Waals surface area (Å²) < 4.78 is 1.01. The zero-order chi connectivity index (χ0) is 11.4. The number of carbonyl (C=O) groups is 1. The Morgan fingerprint density at radius 1 is 1.29 bits per heavy atom. The maximum atomic E-state index is 12.0. The summed E-state index contributed by atoms with van der Waals surface area (Å²) in [6.07, 6.45) is 0.488. The van der Waals surface area contributed by atoms with Gasteiger partial charge in [-0.15, -0.1) is 12.4 Å². The highest BCUT2D eigenvalue weighted by molar-refractivity contribution is 9.10. The summed E-state index contributed by atoms with van der Waals surface area (Å²) in [6.45, 7) is 3.45. The largest absolute Gasteiger partial charge is 0.340 e. The molecule has 0 aliphatic carbocycles. The molecule has 0 aromatic heterocycles. The Kier molecular flexibility index (Phi) is 5.95. The molecule has 0 unspecified atom stereocenters. The lowest BCUT2D eigenvalue weighted by atomic mass is 10.1. The fraction of sp³-hybridized carbons (Fsp3) is 0.417. The predicted molar refractivity (Wildman–Crippen MR) is 74.5 cm³/mol. The highest BCUT2D eigenvalue weighted by Crippen LogP contribution is 2.17. The number of piperazine rings is 1. The van der Waals surface area contributed by atoms with Gasteiger partial charge in [-0.3, -0.25) is 4.79 Å². The van der Waals surface area contributed by atoms with Gasteiger partial charge in [0.25, 0.3) is 0 Å². The number of amides is 1. The Balaban J connectivity index is 0.00000144. The minimum Gasteiger partial charge on any atom is -0.340 e. The summed E-state index contributed by atoms with van der Waals surface area (Å²) in [4.78, 5) is 13.9. The maximum absolute atomic E-state index is 12.0. The molecule has 1 saturated heterocycles. The molecule has 5 heteroatoms. The molecule has 1 N–H and O–H groups in total. The third-order valence-electron chi connectivity index (χ3n) is 2.77. The van der Waals surface area contributed by atoms with Gasteiger partial charge in [0, 0.05) is 30.7 Å². The van der Waals surface area contributed by atoms with Crippen LogP contribution >= 0.6 is 28.3 Å². The molecule has 0 saturated carbocycles. The van der Waals surface area contributed by atoms with Crippen LogP contribution in [0.2, 0.25) is 0 Å². The van der Waals surface area contributed by atoms with Gasteiger partial charge in [-0.05, 0) is 11.6 Å². The topological polar surface area (TPSA) is 32.3 Å². The van der Waals surface area contributed by atoms with Crippen LogP contribution in [0.1, 0.15) is 5.56 Å². The molecule has 1 amide bonds. The Bertz CT molecular complexity index is 381. The molecule has 1 aromatic carbocycles. The molecular weight excluding hydrogens is 304 g/mol. The monoisotopic (exact) mass is 318 g/mol. The van der Waals surface area contributed by atoms with E-state index in [1.807, 2.05) is 29.2 Å². The molecule has 1 heterocycles. The van der Waals surface area contributed by atoms with Crippen LogP contribution in [0.15, 0.2) is 28.7 Å². The van der Waals surface area contributed by atoms with Crippen molar-refractivity contribution in [2.24, 2.45) is 0 Å². The summed E-state index contributed by atoms with van der Waals surface area (Å²) in [5, 5.41) is 3.24. The fourth-order valence-corrected chi connectivity index (χ4v) is 2.26. The van der Waals surface area contributed by atoms with Crippen molar-refractivity contribution in [1.29, 1.82) is 0 Å². The Morgan fingerprint density at radius 3 is 2.59 bits per heavy atom. The second kappa shape index (κ2) is 6.99. The van der Waals surface area contributed by atoms with Gasteiger partial charge in [0.15, 0.2) is 0 Å². The highest BCUT2D eigenvalue weighted by Gasteiger charge is 2.16. The molecule has 0 bridgehead atoms. The van der Waals surface area contributed by atoms with Crippen LogP contribution < -0.4 is 5.32 Å². The standard InChI is InChI=1S/C12H15BrN2O.ClH/c13-11-4-2-1-3-10(11)9-12(16)15-7-5-14-6-8-15;/h1-4,14H,5-9H2;1H. The average Bonchev–Trinajstić information content (AvgIpc) is 2.33. The van der Waals surface area contributed by atoms with Gasteiger partial charge in [-0.1, -0.05) is 34.1 Å². The smallest absolute Gasteiger partial charge is 0.227 e. The summed E-state index contributed by atoms with van der Waals surface area (Å²) in [7, 11) is 0. The molecule has 0 atom stereocenters. The highest BCUT2D eigenvalue weighted by atomic mass is 79.9. The number of hydrogen-bond donors (Lipinski definition) is 1. The van der Waals surface area contributed by atoms with Crippen molar-refractivity contribution in [1.82, 2.24) is 10.2 Å². The van der Waals surface area contributed by atoms with E-state index < -0.39 is 0 Å². The van der Waals surface area contributed by atoms with Gasteiger partial charge >= 0.3 is 0 Å². The molecule has 94 valence electrons. The van der Waals surface area contributed by atoms with Crippen LogP contribution in [0.25, 0.3) is 0 Å². The number of hydrogen-bond acceptors (Lipinski definition) is 2. The number of halogens is 2. The SMILES string of the molecule is Cl.O=C(Cc1ccccc1Br)N1CCNCC1. The zero-order valence-corrected chi connectivity index (χ0v) is 11.9. The van der Waals surface area contributed by atoms with Crippen LogP contribution in [0.4, 0.5) is 0 Å². The van der Waals surface area contributed by atoms with E-state index in [1.54, 1.807) is 0 Å². The molecule has 3 nitrogen and oxygen atoms in total. The van der Waals surface area contributed by atoms with E-state index in [2.05, 4.69) is 21.2 Å². The van der Waals surface area contributed by atoms with Crippen molar-refractivity contribution in [3.8, 4) is 0 Å². The third-order valence-corrected chi connectivity index (χ3v) is 3.54. The minimum atomic E-state index is 0. The normalized spacial score (nSPS) is 15.2. The number of benzene rings is 1. The number of nitrogens with one attached hydrogen (secondary N) is 1. The fourth-order valence-electron chi connectivity index (χ4n) is 1.83. The van der Waals surface area contributed by atoms with E-state index in [1.165, 1.54) is 0 Å². The molecular formula is C12H16BrClN2O. The molecule has 1 aliphatic heterocycles. The van der Waals surface area contributed by atoms with E-state index >= 15 is 0 Å². The van der Waals surface area contributed by atoms with E-state index in [4.69, 9.17) is 0 Å². The molecule has 0 radical (unpaired) electrons. The zero-order valence-electron chi connectivity index (χ0n) is 9.49.